The molecule has 0 bridgehead atoms. The van der Waals surface area contributed by atoms with Gasteiger partial charge < -0.3 is 4.42 Å². The molecule has 0 fully saturated rings. The number of aryl methyl sites for hydroxylation is 3. The first-order valence-corrected chi connectivity index (χ1v) is 14.5. The van der Waals surface area contributed by atoms with Crippen molar-refractivity contribution in [2.75, 3.05) is 0 Å². The molecule has 0 aliphatic heterocycles. The average Bonchev–Trinajstić information content (AvgIpc) is 3.55. The van der Waals surface area contributed by atoms with Gasteiger partial charge in [-0.2, -0.15) is 0 Å². The predicted octanol–water partition coefficient (Wildman–Crippen LogP) is 8.67. The molecule has 0 saturated heterocycles. The van der Waals surface area contributed by atoms with Crippen molar-refractivity contribution in [3.8, 4) is 45.2 Å². The molecule has 4 heterocycles. The predicted molar refractivity (Wildman–Crippen MR) is 173 cm³/mol. The summed E-state index contributed by atoms with van der Waals surface area (Å²) in [4.78, 5) is 10.1. The van der Waals surface area contributed by atoms with Gasteiger partial charge in [0.15, 0.2) is 16.6 Å². The van der Waals surface area contributed by atoms with Crippen LogP contribution in [0.25, 0.3) is 78.3 Å². The number of furan rings is 1. The van der Waals surface area contributed by atoms with E-state index in [1.165, 1.54) is 11.0 Å². The quantitative estimate of drug-likeness (QED) is 0.203. The van der Waals surface area contributed by atoms with Crippen LogP contribution in [0.1, 0.15) is 5.56 Å². The van der Waals surface area contributed by atoms with Gasteiger partial charge in [-0.05, 0) is 60.0 Å². The average molecular weight is 558 g/mol. The number of hydrogen-bond donors (Lipinski definition) is 0. The van der Waals surface area contributed by atoms with E-state index in [9.17, 15) is 0 Å². The van der Waals surface area contributed by atoms with Gasteiger partial charge >= 0.3 is 0 Å². The maximum absolute atomic E-state index is 6.65. The fraction of sp³-hybridized carbons (Fsp3) is 0.0789. The van der Waals surface area contributed by atoms with Crippen LogP contribution in [-0.4, -0.2) is 14.5 Å². The molecular formula is C38H29N4O+. The number of benzene rings is 4. The number of fused-ring (bicyclic) bond motifs is 4. The summed E-state index contributed by atoms with van der Waals surface area (Å²) in [7, 11) is 4.23. The first-order chi connectivity index (χ1) is 21.1. The molecular weight excluding hydrogens is 528 g/mol. The van der Waals surface area contributed by atoms with Gasteiger partial charge in [-0.15, -0.1) is 0 Å². The molecule has 0 radical (unpaired) electrons. The number of hydrogen-bond acceptors (Lipinski definition) is 3. The highest BCUT2D eigenvalue weighted by atomic mass is 16.3. The Morgan fingerprint density at radius 2 is 1.30 bits per heavy atom. The summed E-state index contributed by atoms with van der Waals surface area (Å²) < 4.78 is 11.1. The molecule has 206 valence electrons. The van der Waals surface area contributed by atoms with Crippen LogP contribution in [0.4, 0.5) is 0 Å². The van der Waals surface area contributed by atoms with Crippen molar-refractivity contribution in [3.05, 3.63) is 127 Å². The van der Waals surface area contributed by atoms with E-state index in [1.54, 1.807) is 0 Å². The summed E-state index contributed by atoms with van der Waals surface area (Å²) in [6.07, 6.45) is 0. The minimum Gasteiger partial charge on any atom is -0.437 e. The molecule has 0 N–H and O–H groups in total. The van der Waals surface area contributed by atoms with Gasteiger partial charge in [-0.1, -0.05) is 84.9 Å². The highest BCUT2D eigenvalue weighted by Crippen LogP contribution is 2.38. The molecule has 4 aromatic carbocycles. The lowest BCUT2D eigenvalue weighted by Crippen LogP contribution is -2.30. The van der Waals surface area contributed by atoms with Crippen molar-refractivity contribution >= 4 is 33.1 Å². The summed E-state index contributed by atoms with van der Waals surface area (Å²) in [5.41, 5.74) is 11.8. The zero-order valence-corrected chi connectivity index (χ0v) is 24.2. The molecule has 0 amide bonds. The smallest absolute Gasteiger partial charge is 0.293 e. The number of imidazole rings is 1. The van der Waals surface area contributed by atoms with Crippen LogP contribution < -0.4 is 4.57 Å². The molecule has 5 nitrogen and oxygen atoms in total. The molecule has 5 heteroatoms. The summed E-state index contributed by atoms with van der Waals surface area (Å²) in [5.74, 6) is 1.09. The maximum Gasteiger partial charge on any atom is 0.293 e. The fourth-order valence-corrected chi connectivity index (χ4v) is 6.28. The number of aromatic nitrogens is 4. The fourth-order valence-electron chi connectivity index (χ4n) is 6.28. The minimum absolute atomic E-state index is 0.606. The van der Waals surface area contributed by atoms with Crippen molar-refractivity contribution in [1.29, 1.82) is 0 Å². The first kappa shape index (κ1) is 25.2. The molecule has 0 unspecified atom stereocenters. The third-order valence-electron chi connectivity index (χ3n) is 8.44. The lowest BCUT2D eigenvalue weighted by atomic mass is 10.0. The summed E-state index contributed by atoms with van der Waals surface area (Å²) in [6.45, 7) is 2.14. The summed E-state index contributed by atoms with van der Waals surface area (Å²) in [6, 6.07) is 41.9. The van der Waals surface area contributed by atoms with Gasteiger partial charge in [0.2, 0.25) is 5.71 Å². The van der Waals surface area contributed by atoms with Gasteiger partial charge in [-0.25, -0.2) is 19.1 Å². The van der Waals surface area contributed by atoms with Crippen molar-refractivity contribution < 1.29 is 8.98 Å². The van der Waals surface area contributed by atoms with Crippen molar-refractivity contribution in [2.24, 2.45) is 14.1 Å². The zero-order chi connectivity index (χ0) is 29.1. The number of nitrogens with zero attached hydrogens (tertiary/aromatic N) is 4. The summed E-state index contributed by atoms with van der Waals surface area (Å²) in [5, 5.41) is 2.04. The number of pyridine rings is 2. The van der Waals surface area contributed by atoms with Crippen LogP contribution in [0.2, 0.25) is 0 Å². The molecule has 0 atom stereocenters. The Bertz CT molecular complexity index is 2220. The Balaban J connectivity index is 1.33. The second kappa shape index (κ2) is 9.78. The lowest BCUT2D eigenvalue weighted by Gasteiger charge is -2.10. The van der Waals surface area contributed by atoms with Crippen LogP contribution in [0.5, 0.6) is 0 Å². The molecule has 43 heavy (non-hydrogen) atoms. The largest absolute Gasteiger partial charge is 0.437 e. The van der Waals surface area contributed by atoms with Crippen LogP contribution in [0, 0.1) is 6.92 Å². The standard InChI is InChI=1S/C38H29N4O/c1-24-18-19-28-29-20-21-30(32-23-27(25-12-6-4-7-13-25)22-31(39-32)26-14-8-5-9-15-26)40-37(29)43-36(28)35(24)38-41(2)33-16-10-11-17-34(33)42(38)3/h4-23H,1-3H3/q+1. The Morgan fingerprint density at radius 1 is 0.628 bits per heavy atom. The minimum atomic E-state index is 0.606. The van der Waals surface area contributed by atoms with Crippen molar-refractivity contribution in [3.63, 3.8) is 0 Å². The maximum atomic E-state index is 6.65. The summed E-state index contributed by atoms with van der Waals surface area (Å²) >= 11 is 0. The van der Waals surface area contributed by atoms with E-state index >= 15 is 0 Å². The Morgan fingerprint density at radius 3 is 2.07 bits per heavy atom. The van der Waals surface area contributed by atoms with Crippen LogP contribution in [0.3, 0.4) is 0 Å². The van der Waals surface area contributed by atoms with Gasteiger partial charge in [0.05, 0.1) is 31.2 Å². The van der Waals surface area contributed by atoms with Gasteiger partial charge in [-0.3, -0.25) is 0 Å². The van der Waals surface area contributed by atoms with Gasteiger partial charge in [0, 0.05) is 16.3 Å². The Hall–Kier alpha value is -5.55. The van der Waals surface area contributed by atoms with Crippen molar-refractivity contribution in [2.45, 2.75) is 6.92 Å². The van der Waals surface area contributed by atoms with E-state index in [-0.39, 0.29) is 0 Å². The normalized spacial score (nSPS) is 11.6. The Kier molecular flexibility index (Phi) is 5.73. The number of para-hydroxylation sites is 2. The molecule has 0 aliphatic carbocycles. The van der Waals surface area contributed by atoms with E-state index in [1.807, 2.05) is 24.3 Å². The van der Waals surface area contributed by atoms with Crippen LogP contribution in [0.15, 0.2) is 126 Å². The highest BCUT2D eigenvalue weighted by molar-refractivity contribution is 6.09. The Labute approximate surface area is 249 Å². The second-order valence-corrected chi connectivity index (χ2v) is 11.1. The van der Waals surface area contributed by atoms with E-state index < -0.39 is 0 Å². The lowest BCUT2D eigenvalue weighted by molar-refractivity contribution is -0.634. The van der Waals surface area contributed by atoms with E-state index in [4.69, 9.17) is 14.4 Å². The second-order valence-electron chi connectivity index (χ2n) is 11.1. The zero-order valence-electron chi connectivity index (χ0n) is 24.2. The van der Waals surface area contributed by atoms with Gasteiger partial charge in [0.25, 0.3) is 5.82 Å². The molecule has 4 aromatic heterocycles. The number of rotatable bonds is 4. The van der Waals surface area contributed by atoms with E-state index in [2.05, 4.69) is 127 Å². The monoisotopic (exact) mass is 557 g/mol. The van der Waals surface area contributed by atoms with Gasteiger partial charge in [0.1, 0.15) is 5.56 Å². The van der Waals surface area contributed by atoms with E-state index in [0.29, 0.717) is 5.71 Å². The molecule has 8 rings (SSSR count). The molecule has 8 aromatic rings. The SMILES string of the molecule is Cc1ccc2c(oc3nc(-c4cc(-c5ccccc5)cc(-c5ccccc5)n4)ccc32)c1-c1n(C)c2ccccc2[n+]1C. The van der Waals surface area contributed by atoms with Crippen molar-refractivity contribution in [1.82, 2.24) is 14.5 Å². The highest BCUT2D eigenvalue weighted by Gasteiger charge is 2.27. The molecule has 0 saturated carbocycles. The van der Waals surface area contributed by atoms with Crippen LogP contribution >= 0.6 is 0 Å². The van der Waals surface area contributed by atoms with Crippen LogP contribution in [-0.2, 0) is 14.1 Å². The molecule has 0 spiro atoms. The first-order valence-electron chi connectivity index (χ1n) is 14.5. The topological polar surface area (TPSA) is 47.7 Å². The van der Waals surface area contributed by atoms with E-state index in [0.717, 1.165) is 67.1 Å². The molecule has 0 aliphatic rings. The third kappa shape index (κ3) is 4.04. The third-order valence-corrected chi connectivity index (χ3v) is 8.44.